The molecule has 0 N–H and O–H groups in total. The maximum absolute atomic E-state index is 12.8. The molecule has 130 valence electrons. The Balaban J connectivity index is 1.54. The van der Waals surface area contributed by atoms with E-state index in [1.54, 1.807) is 0 Å². The lowest BCUT2D eigenvalue weighted by Gasteiger charge is -2.29. The van der Waals surface area contributed by atoms with Gasteiger partial charge in [-0.3, -0.25) is 4.68 Å². The highest BCUT2D eigenvalue weighted by atomic mass is 79.9. The van der Waals surface area contributed by atoms with Crippen molar-refractivity contribution in [3.63, 3.8) is 0 Å². The second-order valence-corrected chi connectivity index (χ2v) is 8.18. The van der Waals surface area contributed by atoms with Gasteiger partial charge >= 0.3 is 6.18 Å². The third-order valence-corrected chi connectivity index (χ3v) is 5.94. The third-order valence-electron chi connectivity index (χ3n) is 5.45. The number of benzene rings is 1. The normalized spacial score (nSPS) is 25.3. The highest BCUT2D eigenvalue weighted by Gasteiger charge is 2.41. The Bertz CT molecular complexity index is 741. The van der Waals surface area contributed by atoms with Crippen molar-refractivity contribution in [1.82, 2.24) is 9.78 Å². The van der Waals surface area contributed by atoms with Gasteiger partial charge in [-0.05, 0) is 62.6 Å². The minimum absolute atomic E-state index is 0.256. The van der Waals surface area contributed by atoms with Crippen molar-refractivity contribution in [2.24, 2.45) is 11.8 Å². The first-order chi connectivity index (χ1) is 11.4. The second kappa shape index (κ2) is 6.04. The Morgan fingerprint density at radius 1 is 1.08 bits per heavy atom. The van der Waals surface area contributed by atoms with Gasteiger partial charge in [-0.1, -0.05) is 15.9 Å². The Labute approximate surface area is 147 Å². The summed E-state index contributed by atoms with van der Waals surface area (Å²) in [6, 6.07) is 6.22. The number of aromatic nitrogens is 2. The van der Waals surface area contributed by atoms with Crippen LogP contribution in [-0.2, 0) is 6.54 Å². The molecule has 1 aromatic heterocycles. The molecule has 2 nitrogen and oxygen atoms in total. The molecule has 0 saturated heterocycles. The van der Waals surface area contributed by atoms with Crippen LogP contribution in [0.4, 0.5) is 13.2 Å². The van der Waals surface area contributed by atoms with Crippen molar-refractivity contribution in [2.45, 2.75) is 57.2 Å². The van der Waals surface area contributed by atoms with E-state index in [-0.39, 0.29) is 18.8 Å². The molecule has 4 rings (SSSR count). The average molecular weight is 401 g/mol. The highest BCUT2D eigenvalue weighted by Crippen LogP contribution is 2.44. The van der Waals surface area contributed by atoms with E-state index in [9.17, 15) is 13.2 Å². The van der Waals surface area contributed by atoms with Crippen LogP contribution in [0.5, 0.6) is 0 Å². The highest BCUT2D eigenvalue weighted by molar-refractivity contribution is 9.10. The van der Waals surface area contributed by atoms with Crippen LogP contribution >= 0.6 is 15.9 Å². The second-order valence-electron chi connectivity index (χ2n) is 7.26. The van der Waals surface area contributed by atoms with Gasteiger partial charge in [-0.2, -0.15) is 18.3 Å². The van der Waals surface area contributed by atoms with Gasteiger partial charge in [0, 0.05) is 22.3 Å². The molecule has 2 aliphatic rings. The third kappa shape index (κ3) is 3.22. The van der Waals surface area contributed by atoms with Gasteiger partial charge in [0.15, 0.2) is 0 Å². The number of nitrogens with zero attached hydrogens (tertiary/aromatic N) is 2. The summed E-state index contributed by atoms with van der Waals surface area (Å²) < 4.78 is 41.5. The molecule has 0 spiro atoms. The summed E-state index contributed by atoms with van der Waals surface area (Å²) in [5, 5.41) is 6.03. The van der Waals surface area contributed by atoms with Crippen LogP contribution in [0, 0.1) is 11.8 Å². The monoisotopic (exact) mass is 400 g/mol. The molecular weight excluding hydrogens is 381 g/mol. The van der Waals surface area contributed by atoms with Gasteiger partial charge < -0.3 is 0 Å². The van der Waals surface area contributed by atoms with Crippen LogP contribution in [0.3, 0.4) is 0 Å². The van der Waals surface area contributed by atoms with Crippen LogP contribution in [0.15, 0.2) is 22.7 Å². The summed E-state index contributed by atoms with van der Waals surface area (Å²) >= 11 is 3.52. The molecule has 1 heterocycles. The molecule has 1 aromatic carbocycles. The van der Waals surface area contributed by atoms with Crippen molar-refractivity contribution in [3.05, 3.63) is 28.4 Å². The number of hydrogen-bond donors (Lipinski definition) is 0. The first-order valence-electron chi connectivity index (χ1n) is 8.64. The number of hydrogen-bond acceptors (Lipinski definition) is 1. The van der Waals surface area contributed by atoms with Crippen LogP contribution in [-0.4, -0.2) is 16.0 Å². The van der Waals surface area contributed by atoms with E-state index < -0.39 is 12.1 Å². The van der Waals surface area contributed by atoms with Gasteiger partial charge in [-0.25, -0.2) is 0 Å². The molecule has 0 aliphatic heterocycles. The van der Waals surface area contributed by atoms with Gasteiger partial charge in [-0.15, -0.1) is 0 Å². The Kier molecular flexibility index (Phi) is 4.14. The molecule has 0 atom stereocenters. The standard InChI is InChI=1S/C18H20BrF3N2/c19-14-7-8-15-16(9-14)24(23-17(15)12-3-4-12)10-11-1-5-13(6-2-11)18(20,21)22/h7-9,11-13H,1-6,10H2/t11-,13-. The molecular formula is C18H20BrF3N2. The summed E-state index contributed by atoms with van der Waals surface area (Å²) in [6.07, 6.45) is 0.140. The average Bonchev–Trinajstić information content (AvgIpc) is 3.31. The van der Waals surface area contributed by atoms with Crippen LogP contribution < -0.4 is 0 Å². The first kappa shape index (κ1) is 16.4. The summed E-state index contributed by atoms with van der Waals surface area (Å²) in [7, 11) is 0. The molecule has 2 saturated carbocycles. The predicted molar refractivity (Wildman–Crippen MR) is 90.9 cm³/mol. The SMILES string of the molecule is FC(F)(F)[C@H]1CC[C@H](Cn2nc(C3CC3)c3ccc(Br)cc32)CC1. The van der Waals surface area contributed by atoms with E-state index in [4.69, 9.17) is 5.10 Å². The quantitative estimate of drug-likeness (QED) is 0.613. The first-order valence-corrected chi connectivity index (χ1v) is 9.44. The fraction of sp³-hybridized carbons (Fsp3) is 0.611. The van der Waals surface area contributed by atoms with Crippen molar-refractivity contribution in [2.75, 3.05) is 0 Å². The van der Waals surface area contributed by atoms with E-state index in [0.717, 1.165) is 16.5 Å². The van der Waals surface area contributed by atoms with E-state index in [2.05, 4.69) is 28.1 Å². The fourth-order valence-electron chi connectivity index (χ4n) is 3.89. The smallest absolute Gasteiger partial charge is 0.264 e. The zero-order chi connectivity index (χ0) is 16.9. The molecule has 0 bridgehead atoms. The lowest BCUT2D eigenvalue weighted by Crippen LogP contribution is -2.29. The van der Waals surface area contributed by atoms with Crippen molar-refractivity contribution < 1.29 is 13.2 Å². The lowest BCUT2D eigenvalue weighted by molar-refractivity contribution is -0.184. The molecule has 2 fully saturated rings. The number of halogens is 4. The molecule has 6 heteroatoms. The largest absolute Gasteiger partial charge is 0.391 e. The van der Waals surface area contributed by atoms with E-state index in [1.165, 1.54) is 23.9 Å². The summed E-state index contributed by atoms with van der Waals surface area (Å²) in [5.41, 5.74) is 2.27. The maximum atomic E-state index is 12.8. The van der Waals surface area contributed by atoms with E-state index in [1.807, 2.05) is 10.7 Å². The fourth-order valence-corrected chi connectivity index (χ4v) is 4.24. The summed E-state index contributed by atoms with van der Waals surface area (Å²) in [6.45, 7) is 0.726. The van der Waals surface area contributed by atoms with Crippen LogP contribution in [0.2, 0.25) is 0 Å². The topological polar surface area (TPSA) is 17.8 Å². The van der Waals surface area contributed by atoms with Gasteiger partial charge in [0.05, 0.1) is 17.1 Å². The van der Waals surface area contributed by atoms with Gasteiger partial charge in [0.25, 0.3) is 0 Å². The Morgan fingerprint density at radius 3 is 2.42 bits per heavy atom. The van der Waals surface area contributed by atoms with Crippen LogP contribution in [0.25, 0.3) is 10.9 Å². The Morgan fingerprint density at radius 2 is 1.79 bits per heavy atom. The molecule has 0 unspecified atom stereocenters. The molecule has 24 heavy (non-hydrogen) atoms. The zero-order valence-electron chi connectivity index (χ0n) is 13.3. The van der Waals surface area contributed by atoms with Gasteiger partial charge in [0.1, 0.15) is 0 Å². The van der Waals surface area contributed by atoms with Crippen molar-refractivity contribution in [3.8, 4) is 0 Å². The maximum Gasteiger partial charge on any atom is 0.391 e. The van der Waals surface area contributed by atoms with E-state index >= 15 is 0 Å². The minimum atomic E-state index is -4.03. The summed E-state index contributed by atoms with van der Waals surface area (Å²) in [5.74, 6) is -0.257. The Hall–Kier alpha value is -1.04. The molecule has 2 aliphatic carbocycles. The van der Waals surface area contributed by atoms with E-state index in [0.29, 0.717) is 18.8 Å². The van der Waals surface area contributed by atoms with Crippen molar-refractivity contribution in [1.29, 1.82) is 0 Å². The predicted octanol–water partition coefficient (Wildman–Crippen LogP) is 6.04. The number of fused-ring (bicyclic) bond motifs is 1. The van der Waals surface area contributed by atoms with Crippen LogP contribution in [0.1, 0.15) is 50.1 Å². The van der Waals surface area contributed by atoms with Gasteiger partial charge in [0.2, 0.25) is 0 Å². The molecule has 0 radical (unpaired) electrons. The minimum Gasteiger partial charge on any atom is -0.264 e. The number of rotatable bonds is 3. The molecule has 2 aromatic rings. The zero-order valence-corrected chi connectivity index (χ0v) is 14.9. The number of alkyl halides is 3. The molecule has 0 amide bonds. The summed E-state index contributed by atoms with van der Waals surface area (Å²) in [4.78, 5) is 0. The van der Waals surface area contributed by atoms with Crippen molar-refractivity contribution >= 4 is 26.8 Å². The lowest BCUT2D eigenvalue weighted by atomic mass is 9.81.